The van der Waals surface area contributed by atoms with E-state index in [1.54, 1.807) is 0 Å². The van der Waals surface area contributed by atoms with Crippen LogP contribution in [0.5, 0.6) is 0 Å². The predicted octanol–water partition coefficient (Wildman–Crippen LogP) is 8.66. The molecule has 10 nitrogen and oxygen atoms in total. The number of rotatable bonds is 25. The maximum Gasteiger partial charge on any atom is 0.246 e. The highest BCUT2D eigenvalue weighted by Crippen LogP contribution is 2.21. The Bertz CT molecular complexity index is 1150. The van der Waals surface area contributed by atoms with E-state index >= 15 is 0 Å². The highest BCUT2D eigenvalue weighted by Gasteiger charge is 2.27. The fourth-order valence-electron chi connectivity index (χ4n) is 6.12. The van der Waals surface area contributed by atoms with Gasteiger partial charge in [-0.25, -0.2) is 16.8 Å². The van der Waals surface area contributed by atoms with Gasteiger partial charge in [0.25, 0.3) is 0 Å². The SMILES string of the molecule is CCCC[N+](CCCC)(CCCC)Cc1ccccc1.CCCC[N+](CCCC)(CCCC)Cc1ccccc1.O=S(=O)([O-])OOS(=O)(=O)[O-]. The van der Waals surface area contributed by atoms with Crippen LogP contribution in [-0.2, 0) is 42.6 Å². The molecule has 0 spiro atoms. The van der Waals surface area contributed by atoms with E-state index in [9.17, 15) is 25.9 Å². The maximum atomic E-state index is 9.37. The van der Waals surface area contributed by atoms with Gasteiger partial charge in [0.1, 0.15) is 13.1 Å². The van der Waals surface area contributed by atoms with Gasteiger partial charge >= 0.3 is 0 Å². The predicted molar refractivity (Wildman–Crippen MR) is 201 cm³/mol. The molecule has 0 aliphatic carbocycles. The van der Waals surface area contributed by atoms with Crippen molar-refractivity contribution in [2.75, 3.05) is 39.3 Å². The molecule has 2 aromatic rings. The molecule has 0 fully saturated rings. The molecule has 290 valence electrons. The Kier molecular flexibility index (Phi) is 26.7. The van der Waals surface area contributed by atoms with Crippen molar-refractivity contribution in [3.8, 4) is 0 Å². The smallest absolute Gasteiger partial charge is 0.246 e. The van der Waals surface area contributed by atoms with E-state index in [0.29, 0.717) is 0 Å². The number of quaternary nitrogens is 2. The molecule has 50 heavy (non-hydrogen) atoms. The zero-order valence-electron chi connectivity index (χ0n) is 31.9. The topological polar surface area (TPSA) is 133 Å². The zero-order valence-corrected chi connectivity index (χ0v) is 33.5. The van der Waals surface area contributed by atoms with E-state index in [2.05, 4.69) is 111 Å². The molecule has 0 atom stereocenters. The molecule has 0 aromatic heterocycles. The van der Waals surface area contributed by atoms with Gasteiger partial charge in [-0.2, -0.15) is 0 Å². The third-order valence-electron chi connectivity index (χ3n) is 8.83. The zero-order chi connectivity index (χ0) is 37.8. The fraction of sp³-hybridized carbons (Fsp3) is 0.684. The molecule has 2 aromatic carbocycles. The first-order valence-corrected chi connectivity index (χ1v) is 21.5. The number of unbranched alkanes of at least 4 members (excludes halogenated alkanes) is 6. The second kappa shape index (κ2) is 27.7. The third-order valence-corrected chi connectivity index (χ3v) is 9.39. The van der Waals surface area contributed by atoms with Crippen molar-refractivity contribution in [3.05, 3.63) is 71.8 Å². The Labute approximate surface area is 306 Å². The summed E-state index contributed by atoms with van der Waals surface area (Å²) in [6.45, 7) is 24.5. The molecule has 0 saturated heterocycles. The minimum Gasteiger partial charge on any atom is -0.724 e. The van der Waals surface area contributed by atoms with E-state index < -0.39 is 20.8 Å². The van der Waals surface area contributed by atoms with E-state index in [0.717, 1.165) is 0 Å². The lowest BCUT2D eigenvalue weighted by Gasteiger charge is -2.39. The van der Waals surface area contributed by atoms with E-state index in [4.69, 9.17) is 0 Å². The maximum absolute atomic E-state index is 9.37. The van der Waals surface area contributed by atoms with E-state index in [1.165, 1.54) is 150 Å². The summed E-state index contributed by atoms with van der Waals surface area (Å²) < 4.78 is 64.1. The van der Waals surface area contributed by atoms with Crippen LogP contribution in [0.2, 0.25) is 0 Å². The van der Waals surface area contributed by atoms with Crippen LogP contribution in [-0.4, -0.2) is 74.2 Å². The van der Waals surface area contributed by atoms with Gasteiger partial charge in [-0.15, -0.1) is 8.67 Å². The molecular formula is C38H68N2O8S2. The largest absolute Gasteiger partial charge is 0.724 e. The van der Waals surface area contributed by atoms with Crippen molar-refractivity contribution in [2.45, 2.75) is 132 Å². The van der Waals surface area contributed by atoms with Gasteiger partial charge in [-0.3, -0.25) is 0 Å². The Hall–Kier alpha value is -1.90. The molecule has 0 bridgehead atoms. The molecular weight excluding hydrogens is 677 g/mol. The Morgan fingerprint density at radius 2 is 0.660 bits per heavy atom. The van der Waals surface area contributed by atoms with Gasteiger partial charge in [-0.1, -0.05) is 141 Å². The minimum absolute atomic E-state index is 1.22. The summed E-state index contributed by atoms with van der Waals surface area (Å²) in [5.41, 5.74) is 3.02. The Morgan fingerprint density at radius 3 is 0.840 bits per heavy atom. The fourth-order valence-corrected chi connectivity index (χ4v) is 6.66. The standard InChI is InChI=1S/2C19H34N.H2O8S2/c2*1-4-7-15-20(16-8-5-2,17-9-6-3)18-19-13-11-10-12-14-19;1-9(2,3)7-8-10(4,5)6/h2*10-14H,4-9,15-18H2,1-3H3;(H,1,2,3)(H,4,5,6)/q2*+1;/p-2. The molecule has 0 aliphatic heterocycles. The lowest BCUT2D eigenvalue weighted by atomic mass is 10.1. The number of hydrogen-bond donors (Lipinski definition) is 0. The summed E-state index contributed by atoms with van der Waals surface area (Å²) in [7, 11) is -10.6. The van der Waals surface area contributed by atoms with Crippen LogP contribution < -0.4 is 0 Å². The second-order valence-electron chi connectivity index (χ2n) is 13.4. The first kappa shape index (κ1) is 48.1. The molecule has 0 aliphatic rings. The lowest BCUT2D eigenvalue weighted by molar-refractivity contribution is -0.941. The van der Waals surface area contributed by atoms with Crippen molar-refractivity contribution >= 4 is 20.8 Å². The van der Waals surface area contributed by atoms with Gasteiger partial charge in [0, 0.05) is 11.1 Å². The first-order valence-electron chi connectivity index (χ1n) is 18.8. The van der Waals surface area contributed by atoms with E-state index in [-0.39, 0.29) is 0 Å². The van der Waals surface area contributed by atoms with Crippen LogP contribution in [0.3, 0.4) is 0 Å². The molecule has 0 heterocycles. The molecule has 0 saturated carbocycles. The summed E-state index contributed by atoms with van der Waals surface area (Å²) in [6, 6.07) is 22.2. The molecule has 12 heteroatoms. The minimum atomic E-state index is -5.31. The lowest BCUT2D eigenvalue weighted by Crippen LogP contribution is -2.49. The summed E-state index contributed by atoms with van der Waals surface area (Å²) in [6.07, 6.45) is 16.0. The third kappa shape index (κ3) is 25.1. The summed E-state index contributed by atoms with van der Waals surface area (Å²) >= 11 is 0. The quantitative estimate of drug-likeness (QED) is 0.0324. The van der Waals surface area contributed by atoms with Gasteiger partial charge < -0.3 is 18.1 Å². The molecule has 2 rings (SSSR count). The second-order valence-corrected chi connectivity index (χ2v) is 15.3. The van der Waals surface area contributed by atoms with Gasteiger partial charge in [0.05, 0.1) is 39.3 Å². The normalized spacial score (nSPS) is 12.1. The van der Waals surface area contributed by atoms with Crippen LogP contribution in [0, 0.1) is 0 Å². The Balaban J connectivity index is 0.000000764. The molecule has 0 amide bonds. The summed E-state index contributed by atoms with van der Waals surface area (Å²) in [5, 5.41) is 0. The number of benzene rings is 2. The first-order chi connectivity index (χ1) is 23.7. The average Bonchev–Trinajstić information content (AvgIpc) is 3.09. The van der Waals surface area contributed by atoms with Crippen molar-refractivity contribution < 1.29 is 43.6 Å². The molecule has 0 N–H and O–H groups in total. The summed E-state index contributed by atoms with van der Waals surface area (Å²) in [4.78, 5) is 0. The van der Waals surface area contributed by atoms with Gasteiger partial charge in [0.2, 0.25) is 20.8 Å². The van der Waals surface area contributed by atoms with Crippen LogP contribution in [0.15, 0.2) is 60.7 Å². The van der Waals surface area contributed by atoms with Crippen LogP contribution in [0.25, 0.3) is 0 Å². The van der Waals surface area contributed by atoms with Crippen LogP contribution in [0.1, 0.15) is 130 Å². The molecule has 0 radical (unpaired) electrons. The Morgan fingerprint density at radius 1 is 0.440 bits per heavy atom. The average molecular weight is 745 g/mol. The van der Waals surface area contributed by atoms with Crippen LogP contribution in [0.4, 0.5) is 0 Å². The van der Waals surface area contributed by atoms with Gasteiger partial charge in [-0.05, 0) is 38.5 Å². The van der Waals surface area contributed by atoms with Crippen molar-refractivity contribution in [2.24, 2.45) is 0 Å². The van der Waals surface area contributed by atoms with Crippen molar-refractivity contribution in [1.29, 1.82) is 0 Å². The van der Waals surface area contributed by atoms with Crippen molar-refractivity contribution in [1.82, 2.24) is 0 Å². The molecule has 0 unspecified atom stereocenters. The highest BCUT2D eigenvalue weighted by atomic mass is 32.3. The van der Waals surface area contributed by atoms with Gasteiger partial charge in [0.15, 0.2) is 0 Å². The number of hydrogen-bond acceptors (Lipinski definition) is 8. The number of nitrogens with zero attached hydrogens (tertiary/aromatic N) is 2. The van der Waals surface area contributed by atoms with E-state index in [1.807, 2.05) is 0 Å². The summed E-state index contributed by atoms with van der Waals surface area (Å²) in [5.74, 6) is 0. The monoisotopic (exact) mass is 744 g/mol. The van der Waals surface area contributed by atoms with Crippen molar-refractivity contribution in [3.63, 3.8) is 0 Å². The van der Waals surface area contributed by atoms with Crippen LogP contribution >= 0.6 is 0 Å². The highest BCUT2D eigenvalue weighted by molar-refractivity contribution is 7.83.